The van der Waals surface area contributed by atoms with Gasteiger partial charge in [-0.3, -0.25) is 9.36 Å². The number of nitrogens with zero attached hydrogens (tertiary/aromatic N) is 3. The SMILES string of the molecule is CCc1ccccc1-n1cnnc1SCC(=O)Nc1ccc(C(C)(C)C)cc1. The predicted molar refractivity (Wildman–Crippen MR) is 115 cm³/mol. The molecule has 2 aromatic carbocycles. The van der Waals surface area contributed by atoms with Crippen molar-refractivity contribution in [1.82, 2.24) is 14.8 Å². The summed E-state index contributed by atoms with van der Waals surface area (Å²) >= 11 is 1.38. The van der Waals surface area contributed by atoms with Gasteiger partial charge >= 0.3 is 0 Å². The minimum Gasteiger partial charge on any atom is -0.325 e. The van der Waals surface area contributed by atoms with Gasteiger partial charge in [0.25, 0.3) is 0 Å². The molecular weight excluding hydrogens is 368 g/mol. The van der Waals surface area contributed by atoms with Gasteiger partial charge in [-0.2, -0.15) is 0 Å². The summed E-state index contributed by atoms with van der Waals surface area (Å²) in [6, 6.07) is 16.2. The Morgan fingerprint density at radius 1 is 1.11 bits per heavy atom. The molecule has 0 aliphatic carbocycles. The van der Waals surface area contributed by atoms with Crippen LogP contribution < -0.4 is 5.32 Å². The number of para-hydroxylation sites is 1. The molecule has 0 saturated carbocycles. The third kappa shape index (κ3) is 4.81. The number of nitrogens with one attached hydrogen (secondary N) is 1. The maximum atomic E-state index is 12.4. The first-order valence-corrected chi connectivity index (χ1v) is 10.4. The number of aromatic nitrogens is 3. The van der Waals surface area contributed by atoms with Crippen molar-refractivity contribution in [3.8, 4) is 5.69 Å². The lowest BCUT2D eigenvalue weighted by molar-refractivity contribution is -0.113. The number of carbonyl (C=O) groups excluding carboxylic acids is 1. The van der Waals surface area contributed by atoms with Crippen molar-refractivity contribution >= 4 is 23.4 Å². The number of thioether (sulfide) groups is 1. The molecule has 0 fully saturated rings. The van der Waals surface area contributed by atoms with E-state index in [9.17, 15) is 4.79 Å². The molecule has 3 aromatic rings. The number of carbonyl (C=O) groups is 1. The highest BCUT2D eigenvalue weighted by molar-refractivity contribution is 7.99. The third-order valence-electron chi connectivity index (χ3n) is 4.52. The molecule has 0 aliphatic heterocycles. The van der Waals surface area contributed by atoms with Gasteiger partial charge in [-0.15, -0.1) is 10.2 Å². The fourth-order valence-electron chi connectivity index (χ4n) is 2.91. The molecule has 1 aromatic heterocycles. The van der Waals surface area contributed by atoms with E-state index < -0.39 is 0 Å². The third-order valence-corrected chi connectivity index (χ3v) is 5.46. The number of aryl methyl sites for hydroxylation is 1. The highest BCUT2D eigenvalue weighted by Crippen LogP contribution is 2.25. The Hall–Kier alpha value is -2.60. The van der Waals surface area contributed by atoms with E-state index >= 15 is 0 Å². The molecular formula is C22H26N4OS. The van der Waals surface area contributed by atoms with Gasteiger partial charge in [-0.05, 0) is 41.2 Å². The zero-order valence-electron chi connectivity index (χ0n) is 16.8. The smallest absolute Gasteiger partial charge is 0.234 e. The standard InChI is InChI=1S/C22H26N4OS/c1-5-16-8-6-7-9-19(16)26-15-23-25-21(26)28-14-20(27)24-18-12-10-17(11-13-18)22(2,3)4/h6-13,15H,5,14H2,1-4H3,(H,24,27). The Morgan fingerprint density at radius 2 is 1.82 bits per heavy atom. The molecule has 0 unspecified atom stereocenters. The van der Waals surface area contributed by atoms with Crippen molar-refractivity contribution < 1.29 is 4.79 Å². The van der Waals surface area contributed by atoms with E-state index in [1.165, 1.54) is 22.9 Å². The van der Waals surface area contributed by atoms with Crippen molar-refractivity contribution in [3.63, 3.8) is 0 Å². The minimum atomic E-state index is -0.0631. The van der Waals surface area contributed by atoms with Crippen LogP contribution in [0.5, 0.6) is 0 Å². The average Bonchev–Trinajstić information content (AvgIpc) is 3.14. The van der Waals surface area contributed by atoms with E-state index in [1.807, 2.05) is 34.9 Å². The molecule has 5 nitrogen and oxygen atoms in total. The Labute approximate surface area is 170 Å². The first kappa shape index (κ1) is 20.1. The second kappa shape index (κ2) is 8.61. The van der Waals surface area contributed by atoms with Gasteiger partial charge in [0.1, 0.15) is 6.33 Å². The first-order chi connectivity index (χ1) is 13.4. The second-order valence-corrected chi connectivity index (χ2v) is 8.57. The minimum absolute atomic E-state index is 0.0631. The van der Waals surface area contributed by atoms with Crippen LogP contribution in [0.3, 0.4) is 0 Å². The highest BCUT2D eigenvalue weighted by atomic mass is 32.2. The molecule has 0 aliphatic rings. The van der Waals surface area contributed by atoms with E-state index in [0.29, 0.717) is 5.16 Å². The zero-order valence-corrected chi connectivity index (χ0v) is 17.6. The lowest BCUT2D eigenvalue weighted by atomic mass is 9.87. The van der Waals surface area contributed by atoms with Gasteiger partial charge in [-0.25, -0.2) is 0 Å². The lowest BCUT2D eigenvalue weighted by Gasteiger charge is -2.19. The van der Waals surface area contributed by atoms with E-state index in [1.54, 1.807) is 6.33 Å². The van der Waals surface area contributed by atoms with Crippen LogP contribution in [0.25, 0.3) is 5.69 Å². The number of anilines is 1. The van der Waals surface area contributed by atoms with Crippen LogP contribution in [0.2, 0.25) is 0 Å². The molecule has 1 heterocycles. The normalized spacial score (nSPS) is 11.4. The topological polar surface area (TPSA) is 59.8 Å². The van der Waals surface area contributed by atoms with Gasteiger partial charge in [0.2, 0.25) is 5.91 Å². The fraction of sp³-hybridized carbons (Fsp3) is 0.318. The maximum absolute atomic E-state index is 12.4. The molecule has 3 rings (SSSR count). The Bertz CT molecular complexity index is 942. The summed E-state index contributed by atoms with van der Waals surface area (Å²) < 4.78 is 1.94. The molecule has 0 radical (unpaired) electrons. The van der Waals surface area contributed by atoms with E-state index in [2.05, 4.69) is 61.4 Å². The van der Waals surface area contributed by atoms with Gasteiger partial charge in [0.05, 0.1) is 11.4 Å². The maximum Gasteiger partial charge on any atom is 0.234 e. The number of hydrogen-bond acceptors (Lipinski definition) is 4. The first-order valence-electron chi connectivity index (χ1n) is 9.40. The van der Waals surface area contributed by atoms with Gasteiger partial charge in [-0.1, -0.05) is 69.8 Å². The number of hydrogen-bond donors (Lipinski definition) is 1. The Balaban J connectivity index is 1.64. The number of rotatable bonds is 6. The van der Waals surface area contributed by atoms with Gasteiger partial charge < -0.3 is 5.32 Å². The van der Waals surface area contributed by atoms with Crippen molar-refractivity contribution in [2.75, 3.05) is 11.1 Å². The van der Waals surface area contributed by atoms with Crippen LogP contribution in [0, 0.1) is 0 Å². The molecule has 0 atom stereocenters. The fourth-order valence-corrected chi connectivity index (χ4v) is 3.64. The van der Waals surface area contributed by atoms with Gasteiger partial charge in [0, 0.05) is 5.69 Å². The van der Waals surface area contributed by atoms with Crippen LogP contribution >= 0.6 is 11.8 Å². The van der Waals surface area contributed by atoms with Crippen molar-refractivity contribution in [3.05, 3.63) is 66.0 Å². The summed E-state index contributed by atoms with van der Waals surface area (Å²) in [5.74, 6) is 0.209. The lowest BCUT2D eigenvalue weighted by Crippen LogP contribution is -2.15. The van der Waals surface area contributed by atoms with E-state index in [4.69, 9.17) is 0 Å². The van der Waals surface area contributed by atoms with Crippen LogP contribution in [0.4, 0.5) is 5.69 Å². The van der Waals surface area contributed by atoms with Crippen molar-refractivity contribution in [2.24, 2.45) is 0 Å². The highest BCUT2D eigenvalue weighted by Gasteiger charge is 2.14. The molecule has 0 bridgehead atoms. The molecule has 1 N–H and O–H groups in total. The number of amides is 1. The molecule has 146 valence electrons. The van der Waals surface area contributed by atoms with E-state index in [-0.39, 0.29) is 17.1 Å². The van der Waals surface area contributed by atoms with Crippen LogP contribution in [-0.2, 0) is 16.6 Å². The van der Waals surface area contributed by atoms with Crippen molar-refractivity contribution in [2.45, 2.75) is 44.7 Å². The monoisotopic (exact) mass is 394 g/mol. The summed E-state index contributed by atoms with van der Waals surface area (Å²) in [5.41, 5.74) is 4.40. The van der Waals surface area contributed by atoms with Crippen molar-refractivity contribution in [1.29, 1.82) is 0 Å². The molecule has 1 amide bonds. The summed E-state index contributed by atoms with van der Waals surface area (Å²) in [7, 11) is 0. The number of benzene rings is 2. The molecule has 0 saturated heterocycles. The summed E-state index contributed by atoms with van der Waals surface area (Å²) in [5, 5.41) is 11.9. The summed E-state index contributed by atoms with van der Waals surface area (Å²) in [4.78, 5) is 12.4. The van der Waals surface area contributed by atoms with E-state index in [0.717, 1.165) is 17.8 Å². The van der Waals surface area contributed by atoms with Crippen LogP contribution in [0.15, 0.2) is 60.0 Å². The largest absolute Gasteiger partial charge is 0.325 e. The zero-order chi connectivity index (χ0) is 20.1. The Kier molecular flexibility index (Phi) is 6.19. The Morgan fingerprint density at radius 3 is 2.50 bits per heavy atom. The average molecular weight is 395 g/mol. The van der Waals surface area contributed by atoms with Crippen LogP contribution in [0.1, 0.15) is 38.8 Å². The van der Waals surface area contributed by atoms with Crippen LogP contribution in [-0.4, -0.2) is 26.4 Å². The summed E-state index contributed by atoms with van der Waals surface area (Å²) in [6.07, 6.45) is 2.61. The molecule has 0 spiro atoms. The molecule has 6 heteroatoms. The second-order valence-electron chi connectivity index (χ2n) is 7.63. The quantitative estimate of drug-likeness (QED) is 0.607. The molecule has 28 heavy (non-hydrogen) atoms. The summed E-state index contributed by atoms with van der Waals surface area (Å²) in [6.45, 7) is 8.63. The van der Waals surface area contributed by atoms with Gasteiger partial charge in [0.15, 0.2) is 5.16 Å². The predicted octanol–water partition coefficient (Wildman–Crippen LogP) is 4.86.